The van der Waals surface area contributed by atoms with Crippen LogP contribution in [0.5, 0.6) is 0 Å². The number of hydrogen-bond acceptors (Lipinski definition) is 14. The Balaban J connectivity index is 3.99. The Kier molecular flexibility index (Phi) is 23.2. The van der Waals surface area contributed by atoms with E-state index in [1.165, 1.54) is 35.0 Å². The summed E-state index contributed by atoms with van der Waals surface area (Å²) in [6, 6.07) is -13.3. The Hall–Kier alpha value is -5.82. The summed E-state index contributed by atoms with van der Waals surface area (Å²) >= 11 is 0.988. The van der Waals surface area contributed by atoms with Gasteiger partial charge >= 0.3 is 36.2 Å². The number of thioether (sulfide) groups is 1. The van der Waals surface area contributed by atoms with Crippen molar-refractivity contribution in [1.82, 2.24) is 55.6 Å². The number of likely N-dealkylation sites (N-methyl/N-ethyl adjacent to an activating group) is 4. The lowest BCUT2D eigenvalue weighted by molar-refractivity contribution is -0.146. The van der Waals surface area contributed by atoms with Gasteiger partial charge in [-0.05, 0) is 71.5 Å². The largest absolute Gasteiger partial charge is 0.396 e. The topological polar surface area (TPSA) is 299 Å². The molecule has 1 aliphatic rings. The first-order chi connectivity index (χ1) is 30.6. The molecule has 66 heavy (non-hydrogen) atoms. The molecule has 1 aliphatic heterocycles. The van der Waals surface area contributed by atoms with Gasteiger partial charge in [-0.1, -0.05) is 26.0 Å². The highest BCUT2D eigenvalue weighted by Crippen LogP contribution is 2.24. The van der Waals surface area contributed by atoms with Crippen LogP contribution in [0.4, 0.5) is 28.8 Å². The molecule has 0 bridgehead atoms. The van der Waals surface area contributed by atoms with E-state index in [1.807, 2.05) is 25.2 Å². The lowest BCUT2D eigenvalue weighted by atomic mass is 9.96. The summed E-state index contributed by atoms with van der Waals surface area (Å²) < 4.78 is 0. The van der Waals surface area contributed by atoms with Gasteiger partial charge in [0.2, 0.25) is 11.8 Å². The minimum atomic E-state index is -1.64. The molecule has 1 saturated heterocycles. The van der Waals surface area contributed by atoms with Gasteiger partial charge in [0.05, 0.1) is 5.60 Å². The Morgan fingerprint density at radius 2 is 1.26 bits per heavy atom. The highest BCUT2D eigenvalue weighted by Gasteiger charge is 2.41. The molecule has 25 heteroatoms. The number of urea groups is 6. The molecule has 1 rings (SSSR count). The number of hydrogen-bond donors (Lipinski definition) is 6. The summed E-state index contributed by atoms with van der Waals surface area (Å²) in [6.07, 6.45) is 4.47. The second-order valence-corrected chi connectivity index (χ2v) is 17.9. The van der Waals surface area contributed by atoms with E-state index in [1.54, 1.807) is 18.3 Å². The molecular formula is C41H69N11O13S. The van der Waals surface area contributed by atoms with E-state index in [0.29, 0.717) is 38.9 Å². The third-order valence-electron chi connectivity index (χ3n) is 10.6. The van der Waals surface area contributed by atoms with Gasteiger partial charge < -0.3 is 35.5 Å². The number of rotatable bonds is 12. The van der Waals surface area contributed by atoms with Crippen LogP contribution in [0.3, 0.4) is 0 Å². The first-order valence-corrected chi connectivity index (χ1v) is 22.3. The van der Waals surface area contributed by atoms with Gasteiger partial charge in [-0.15, -0.1) is 11.8 Å². The molecule has 6 N–H and O–H groups in total. The van der Waals surface area contributed by atoms with Crippen LogP contribution in [0.1, 0.15) is 80.1 Å². The Morgan fingerprint density at radius 3 is 1.80 bits per heavy atom. The summed E-state index contributed by atoms with van der Waals surface area (Å²) in [5.74, 6) is -4.63. The van der Waals surface area contributed by atoms with Gasteiger partial charge in [0, 0.05) is 62.4 Å². The average molecular weight is 956 g/mol. The molecule has 0 unspecified atom stereocenters. The van der Waals surface area contributed by atoms with Crippen LogP contribution < -0.4 is 21.3 Å². The minimum Gasteiger partial charge on any atom is -0.396 e. The maximum atomic E-state index is 14.5. The molecule has 24 nitrogen and oxygen atoms in total. The molecule has 0 aromatic rings. The number of unbranched alkanes of at least 4 members (excludes halogenated alkanes) is 1. The van der Waals surface area contributed by atoms with Crippen molar-refractivity contribution in [3.05, 3.63) is 12.2 Å². The van der Waals surface area contributed by atoms with Crippen LogP contribution in [-0.4, -0.2) is 207 Å². The van der Waals surface area contributed by atoms with Crippen molar-refractivity contribution in [2.24, 2.45) is 5.92 Å². The van der Waals surface area contributed by atoms with E-state index in [2.05, 4.69) is 10.6 Å². The summed E-state index contributed by atoms with van der Waals surface area (Å²) in [5, 5.41) is 27.4. The van der Waals surface area contributed by atoms with Gasteiger partial charge in [-0.2, -0.15) is 0 Å². The van der Waals surface area contributed by atoms with Gasteiger partial charge in [0.15, 0.2) is 5.37 Å². The highest BCUT2D eigenvalue weighted by molar-refractivity contribution is 8.00. The van der Waals surface area contributed by atoms with Crippen LogP contribution in [0.25, 0.3) is 0 Å². The first kappa shape index (κ1) is 58.2. The zero-order valence-electron chi connectivity index (χ0n) is 40.2. The second-order valence-electron chi connectivity index (χ2n) is 16.7. The molecule has 0 saturated carbocycles. The first-order valence-electron chi connectivity index (χ1n) is 21.3. The molecule has 17 amide bonds. The number of carbonyl (C=O) groups is 11. The van der Waals surface area contributed by atoms with E-state index in [-0.39, 0.29) is 31.1 Å². The zero-order valence-corrected chi connectivity index (χ0v) is 41.0. The van der Waals surface area contributed by atoms with E-state index >= 15 is 0 Å². The predicted molar refractivity (Wildman–Crippen MR) is 242 cm³/mol. The third-order valence-corrected chi connectivity index (χ3v) is 11.9. The van der Waals surface area contributed by atoms with Crippen LogP contribution in [0, 0.1) is 5.92 Å². The van der Waals surface area contributed by atoms with E-state index < -0.39 is 107 Å². The molecule has 372 valence electrons. The maximum absolute atomic E-state index is 14.5. The Bertz CT molecular complexity index is 1840. The molecule has 1 heterocycles. The van der Waals surface area contributed by atoms with Gasteiger partial charge in [-0.25, -0.2) is 43.5 Å². The number of carbonyl (C=O) groups excluding carboxylic acids is 11. The fourth-order valence-corrected chi connectivity index (χ4v) is 7.66. The van der Waals surface area contributed by atoms with Crippen LogP contribution >= 0.6 is 11.8 Å². The summed E-state index contributed by atoms with van der Waals surface area (Å²) in [7, 11) is 7.67. The van der Waals surface area contributed by atoms with Crippen molar-refractivity contribution >= 4 is 77.5 Å². The number of aliphatic hydroxyl groups excluding tert-OH is 1. The van der Waals surface area contributed by atoms with Crippen molar-refractivity contribution in [3.63, 3.8) is 0 Å². The highest BCUT2D eigenvalue weighted by atomic mass is 32.2. The van der Waals surface area contributed by atoms with E-state index in [4.69, 9.17) is 0 Å². The summed E-state index contributed by atoms with van der Waals surface area (Å²) in [6.45, 7) is 8.90. The standard InChI is InChI=1S/C41H69N11O13S/c1-14-16-19-24(3)22-27-29(54)43-26(15-2)32(57)48(9)34(66-21-18-17-20-53)33(58)46(7)28(23-41(5,6)65)30(55)44-36(60)50(11)37(61)45-35(59)42-25(4)31(56)49(10)39(63)52(13)40(64)51(12)38(62)47(27)8/h14,16,24-28,34,53,65H,15,17-23H2,1-13H3,(H,43,54)(H,44,55,60)(H2,42,45,59,61)/b16-14+/t24-,25-,26+,27+,28+,34-/m1/s1. The molecule has 1 fully saturated rings. The van der Waals surface area contributed by atoms with Gasteiger partial charge in [-0.3, -0.25) is 39.5 Å². The van der Waals surface area contributed by atoms with Crippen LogP contribution in [0.15, 0.2) is 12.2 Å². The normalized spacial score (nSPS) is 23.7. The van der Waals surface area contributed by atoms with Crippen molar-refractivity contribution in [2.45, 2.75) is 115 Å². The molecule has 6 atom stereocenters. The fraction of sp³-hybridized carbons (Fsp3) is 0.683. The van der Waals surface area contributed by atoms with E-state index in [9.17, 15) is 63.0 Å². The van der Waals surface area contributed by atoms with Crippen molar-refractivity contribution < 1.29 is 63.0 Å². The molecular weight excluding hydrogens is 887 g/mol. The summed E-state index contributed by atoms with van der Waals surface area (Å²) in [4.78, 5) is 155. The molecule has 0 aromatic heterocycles. The van der Waals surface area contributed by atoms with Crippen molar-refractivity contribution in [3.8, 4) is 0 Å². The van der Waals surface area contributed by atoms with Crippen LogP contribution in [-0.2, 0) is 24.0 Å². The molecule has 0 radical (unpaired) electrons. The van der Waals surface area contributed by atoms with Crippen LogP contribution in [0.2, 0.25) is 0 Å². The quantitative estimate of drug-likeness (QED) is 0.118. The Morgan fingerprint density at radius 1 is 0.697 bits per heavy atom. The fourth-order valence-electron chi connectivity index (χ4n) is 6.43. The number of aliphatic hydroxyl groups is 2. The second kappa shape index (κ2) is 26.4. The minimum absolute atomic E-state index is 0.0104. The van der Waals surface area contributed by atoms with Crippen molar-refractivity contribution in [2.75, 3.05) is 61.7 Å². The van der Waals surface area contributed by atoms with Gasteiger partial charge in [0.25, 0.3) is 17.7 Å². The lowest BCUT2D eigenvalue weighted by Gasteiger charge is -2.37. The monoisotopic (exact) mass is 955 g/mol. The molecule has 0 aliphatic carbocycles. The molecule has 0 aromatic carbocycles. The number of allylic oxidation sites excluding steroid dienone is 2. The third kappa shape index (κ3) is 16.6. The number of imide groups is 6. The molecule has 0 spiro atoms. The smallest absolute Gasteiger partial charge is 0.335 e. The SMILES string of the molecule is C/C=C/C[C@@H](C)C[C@H]1C(=O)N[C@@H](CC)C(=O)N(C)[C@H](SCCCCO)C(=O)N(C)[C@@H](CC(C)(C)O)C(=O)NC(=O)N(C)C(=O)NC(=O)N[C@H](C)C(=O)N(C)C(=O)N(C)C(=O)N(C)C(=O)N1C. The van der Waals surface area contributed by atoms with Gasteiger partial charge in [0.1, 0.15) is 24.2 Å². The van der Waals surface area contributed by atoms with E-state index in [0.717, 1.165) is 61.6 Å². The average Bonchev–Trinajstić information content (AvgIpc) is 3.26. The number of amides is 17. The Labute approximate surface area is 390 Å². The van der Waals surface area contributed by atoms with Crippen molar-refractivity contribution in [1.29, 1.82) is 0 Å². The number of nitrogens with zero attached hydrogens (tertiary/aromatic N) is 7. The maximum Gasteiger partial charge on any atom is 0.335 e. The summed E-state index contributed by atoms with van der Waals surface area (Å²) in [5.41, 5.74) is -1.64. The predicted octanol–water partition coefficient (Wildman–Crippen LogP) is 1.12. The zero-order chi connectivity index (χ0) is 51.0. The lowest BCUT2D eigenvalue weighted by Crippen LogP contribution is -2.60. The number of nitrogens with one attached hydrogen (secondary N) is 4.